The second-order valence-corrected chi connectivity index (χ2v) is 6.67. The van der Waals surface area contributed by atoms with Gasteiger partial charge in [0.05, 0.1) is 22.5 Å². The molecule has 3 heteroatoms. The van der Waals surface area contributed by atoms with Crippen molar-refractivity contribution in [3.8, 4) is 0 Å². The largest absolute Gasteiger partial charge is 0.256 e. The Hall–Kier alpha value is -2.84. The summed E-state index contributed by atoms with van der Waals surface area (Å²) in [5.41, 5.74) is 4.38. The molecule has 1 aliphatic heterocycles. The lowest BCUT2D eigenvalue weighted by Gasteiger charge is -2.24. The van der Waals surface area contributed by atoms with E-state index in [9.17, 15) is 0 Å². The molecule has 0 aromatic heterocycles. The number of hydrogen-bond acceptors (Lipinski definition) is 2. The Kier molecular flexibility index (Phi) is 4.85. The van der Waals surface area contributed by atoms with E-state index in [2.05, 4.69) is 48.6 Å². The number of hydrogen-bond donors (Lipinski definition) is 0. The van der Waals surface area contributed by atoms with Gasteiger partial charge in [-0.25, -0.2) is 0 Å². The highest BCUT2D eigenvalue weighted by atomic mass is 35.5. The molecule has 3 aromatic carbocycles. The van der Waals surface area contributed by atoms with Gasteiger partial charge in [-0.3, -0.25) is 5.01 Å². The van der Waals surface area contributed by atoms with Gasteiger partial charge in [0.2, 0.25) is 0 Å². The standard InChI is InChI=1S/C23H19ClN2/c24-21-13-7-8-14-22(21)26-23(19-11-5-2-6-12-19)17-20(25-26)16-15-18-9-3-1-4-10-18/h1-16,23H,17H2/b16-15+. The Morgan fingerprint density at radius 3 is 2.19 bits per heavy atom. The minimum atomic E-state index is 0.145. The van der Waals surface area contributed by atoms with E-state index in [1.54, 1.807) is 0 Å². The number of nitrogens with zero attached hydrogens (tertiary/aromatic N) is 2. The average molecular weight is 359 g/mol. The number of allylic oxidation sites excluding steroid dienone is 1. The predicted molar refractivity (Wildman–Crippen MR) is 111 cm³/mol. The van der Waals surface area contributed by atoms with Crippen molar-refractivity contribution >= 4 is 29.1 Å². The van der Waals surface area contributed by atoms with E-state index in [1.165, 1.54) is 11.1 Å². The molecular formula is C23H19ClN2. The van der Waals surface area contributed by atoms with Crippen molar-refractivity contribution < 1.29 is 0 Å². The summed E-state index contributed by atoms with van der Waals surface area (Å²) in [6.07, 6.45) is 5.05. The molecule has 0 fully saturated rings. The van der Waals surface area contributed by atoms with Crippen LogP contribution >= 0.6 is 11.6 Å². The van der Waals surface area contributed by atoms with Crippen LogP contribution in [0.25, 0.3) is 6.08 Å². The molecule has 2 nitrogen and oxygen atoms in total. The molecular weight excluding hydrogens is 340 g/mol. The molecule has 3 aromatic rings. The van der Waals surface area contributed by atoms with Gasteiger partial charge in [-0.1, -0.05) is 90.5 Å². The van der Waals surface area contributed by atoms with Gasteiger partial charge in [0.15, 0.2) is 0 Å². The maximum atomic E-state index is 6.45. The summed E-state index contributed by atoms with van der Waals surface area (Å²) in [5.74, 6) is 0. The fourth-order valence-electron chi connectivity index (χ4n) is 3.18. The molecule has 0 amide bonds. The molecule has 0 aliphatic carbocycles. The van der Waals surface area contributed by atoms with E-state index >= 15 is 0 Å². The summed E-state index contributed by atoms with van der Waals surface area (Å²) in [7, 11) is 0. The molecule has 4 rings (SSSR count). The summed E-state index contributed by atoms with van der Waals surface area (Å²) in [6, 6.07) is 28.8. The van der Waals surface area contributed by atoms with Gasteiger partial charge in [-0.2, -0.15) is 5.10 Å². The predicted octanol–water partition coefficient (Wildman–Crippen LogP) is 6.36. The summed E-state index contributed by atoms with van der Waals surface area (Å²) in [4.78, 5) is 0. The Balaban J connectivity index is 1.68. The van der Waals surface area contributed by atoms with Gasteiger partial charge in [-0.05, 0) is 29.3 Å². The third kappa shape index (κ3) is 3.56. The zero-order chi connectivity index (χ0) is 17.8. The number of para-hydroxylation sites is 1. The number of anilines is 1. The van der Waals surface area contributed by atoms with Crippen LogP contribution in [0.4, 0.5) is 5.69 Å². The maximum Gasteiger partial charge on any atom is 0.0832 e. The summed E-state index contributed by atoms with van der Waals surface area (Å²) in [6.45, 7) is 0. The van der Waals surface area contributed by atoms with Gasteiger partial charge >= 0.3 is 0 Å². The van der Waals surface area contributed by atoms with Crippen LogP contribution < -0.4 is 5.01 Å². The molecule has 128 valence electrons. The first kappa shape index (κ1) is 16.6. The van der Waals surface area contributed by atoms with E-state index < -0.39 is 0 Å². The van der Waals surface area contributed by atoms with Gasteiger partial charge in [0.25, 0.3) is 0 Å². The highest BCUT2D eigenvalue weighted by Crippen LogP contribution is 2.38. The molecule has 1 atom stereocenters. The molecule has 0 spiro atoms. The molecule has 0 saturated carbocycles. The third-order valence-electron chi connectivity index (χ3n) is 4.49. The molecule has 1 heterocycles. The highest BCUT2D eigenvalue weighted by Gasteiger charge is 2.29. The van der Waals surface area contributed by atoms with Crippen molar-refractivity contribution in [1.29, 1.82) is 0 Å². The Bertz CT molecular complexity index is 933. The van der Waals surface area contributed by atoms with Crippen molar-refractivity contribution in [3.63, 3.8) is 0 Å². The lowest BCUT2D eigenvalue weighted by molar-refractivity contribution is 0.709. The molecule has 26 heavy (non-hydrogen) atoms. The maximum absolute atomic E-state index is 6.45. The lowest BCUT2D eigenvalue weighted by Crippen LogP contribution is -2.18. The van der Waals surface area contributed by atoms with Crippen molar-refractivity contribution in [2.24, 2.45) is 5.10 Å². The molecule has 0 saturated heterocycles. The van der Waals surface area contributed by atoms with Crippen molar-refractivity contribution in [2.45, 2.75) is 12.5 Å². The van der Waals surface area contributed by atoms with Gasteiger partial charge in [-0.15, -0.1) is 0 Å². The lowest BCUT2D eigenvalue weighted by atomic mass is 10.0. The van der Waals surface area contributed by atoms with Crippen molar-refractivity contribution in [1.82, 2.24) is 0 Å². The summed E-state index contributed by atoms with van der Waals surface area (Å²) in [5, 5.41) is 7.63. The fourth-order valence-corrected chi connectivity index (χ4v) is 3.41. The Morgan fingerprint density at radius 1 is 0.808 bits per heavy atom. The van der Waals surface area contributed by atoms with Crippen LogP contribution in [0, 0.1) is 0 Å². The molecule has 0 bridgehead atoms. The fraction of sp³-hybridized carbons (Fsp3) is 0.0870. The van der Waals surface area contributed by atoms with Crippen LogP contribution in [0.15, 0.2) is 96.1 Å². The van der Waals surface area contributed by atoms with E-state index in [-0.39, 0.29) is 6.04 Å². The second-order valence-electron chi connectivity index (χ2n) is 6.26. The molecule has 1 unspecified atom stereocenters. The first-order valence-corrected chi connectivity index (χ1v) is 9.08. The van der Waals surface area contributed by atoms with E-state index in [1.807, 2.05) is 53.5 Å². The highest BCUT2D eigenvalue weighted by molar-refractivity contribution is 6.33. The third-order valence-corrected chi connectivity index (χ3v) is 4.80. The number of hydrazone groups is 1. The second kappa shape index (κ2) is 7.59. The Labute approximate surface area is 159 Å². The average Bonchev–Trinajstić information content (AvgIpc) is 3.12. The van der Waals surface area contributed by atoms with Crippen LogP contribution in [0.1, 0.15) is 23.6 Å². The SMILES string of the molecule is Clc1ccccc1N1N=C(/C=C/c2ccccc2)CC1c1ccccc1. The monoisotopic (exact) mass is 358 g/mol. The van der Waals surface area contributed by atoms with Crippen LogP contribution in [0.5, 0.6) is 0 Å². The first-order chi connectivity index (χ1) is 12.8. The quantitative estimate of drug-likeness (QED) is 0.529. The van der Waals surface area contributed by atoms with Crippen molar-refractivity contribution in [2.75, 3.05) is 5.01 Å². The minimum Gasteiger partial charge on any atom is -0.256 e. The molecule has 0 radical (unpaired) electrons. The normalized spacial score (nSPS) is 16.9. The number of halogens is 1. The zero-order valence-electron chi connectivity index (χ0n) is 14.3. The van der Waals surface area contributed by atoms with Gasteiger partial charge < -0.3 is 0 Å². The van der Waals surface area contributed by atoms with Crippen LogP contribution in [0.2, 0.25) is 5.02 Å². The zero-order valence-corrected chi connectivity index (χ0v) is 15.1. The number of benzene rings is 3. The van der Waals surface area contributed by atoms with E-state index in [0.717, 1.165) is 17.8 Å². The number of rotatable bonds is 4. The minimum absolute atomic E-state index is 0.145. The Morgan fingerprint density at radius 2 is 1.46 bits per heavy atom. The molecule has 0 N–H and O–H groups in total. The smallest absolute Gasteiger partial charge is 0.0832 e. The topological polar surface area (TPSA) is 15.6 Å². The van der Waals surface area contributed by atoms with Gasteiger partial charge in [0.1, 0.15) is 0 Å². The first-order valence-electron chi connectivity index (χ1n) is 8.70. The van der Waals surface area contributed by atoms with Gasteiger partial charge in [0, 0.05) is 6.42 Å². The molecule has 1 aliphatic rings. The van der Waals surface area contributed by atoms with Crippen molar-refractivity contribution in [3.05, 3.63) is 107 Å². The van der Waals surface area contributed by atoms with Crippen LogP contribution in [-0.2, 0) is 0 Å². The van der Waals surface area contributed by atoms with E-state index in [4.69, 9.17) is 16.7 Å². The summed E-state index contributed by atoms with van der Waals surface area (Å²) < 4.78 is 0. The summed E-state index contributed by atoms with van der Waals surface area (Å²) >= 11 is 6.45. The van der Waals surface area contributed by atoms with E-state index in [0.29, 0.717) is 5.02 Å². The van der Waals surface area contributed by atoms with Crippen LogP contribution in [0.3, 0.4) is 0 Å². The van der Waals surface area contributed by atoms with Crippen LogP contribution in [-0.4, -0.2) is 5.71 Å².